The van der Waals surface area contributed by atoms with Crippen molar-refractivity contribution in [2.24, 2.45) is 0 Å². The fraction of sp³-hybridized carbons (Fsp3) is 0.433. The first kappa shape index (κ1) is 23.0. The molecular formula is C30H33ClN2O2. The van der Waals surface area contributed by atoms with Crippen molar-refractivity contribution < 1.29 is 9.84 Å². The molecular weight excluding hydrogens is 456 g/mol. The maximum absolute atomic E-state index is 9.32. The van der Waals surface area contributed by atoms with Crippen LogP contribution in [0.4, 0.5) is 0 Å². The van der Waals surface area contributed by atoms with Crippen LogP contribution in [0.5, 0.6) is 5.75 Å². The van der Waals surface area contributed by atoms with Crippen LogP contribution in [0.1, 0.15) is 68.1 Å². The number of aliphatic hydroxyl groups is 1. The van der Waals surface area contributed by atoms with Gasteiger partial charge in [0.1, 0.15) is 5.75 Å². The first-order chi connectivity index (χ1) is 17.1. The predicted molar refractivity (Wildman–Crippen MR) is 140 cm³/mol. The van der Waals surface area contributed by atoms with Crippen LogP contribution in [-0.4, -0.2) is 22.8 Å². The molecule has 1 heterocycles. The number of pyridine rings is 1. The van der Waals surface area contributed by atoms with E-state index in [0.717, 1.165) is 67.0 Å². The molecule has 6 rings (SSSR count). The van der Waals surface area contributed by atoms with E-state index in [1.807, 2.05) is 18.5 Å². The van der Waals surface area contributed by atoms with Crippen LogP contribution in [-0.2, 0) is 17.5 Å². The zero-order chi connectivity index (χ0) is 23.9. The minimum Gasteiger partial charge on any atom is -0.490 e. The van der Waals surface area contributed by atoms with Gasteiger partial charge in [-0.2, -0.15) is 0 Å². The van der Waals surface area contributed by atoms with Gasteiger partial charge in [0.15, 0.2) is 0 Å². The maximum Gasteiger partial charge on any atom is 0.127 e. The molecule has 0 spiro atoms. The molecule has 3 aliphatic carbocycles. The maximum atomic E-state index is 9.32. The zero-order valence-corrected chi connectivity index (χ0v) is 20.9. The minimum absolute atomic E-state index is 0.0935. The van der Waals surface area contributed by atoms with E-state index in [1.165, 1.54) is 29.5 Å². The van der Waals surface area contributed by atoms with Crippen LogP contribution in [0.15, 0.2) is 60.9 Å². The molecule has 0 aliphatic heterocycles. The van der Waals surface area contributed by atoms with Gasteiger partial charge < -0.3 is 15.2 Å². The standard InChI is InChI=1S/C30H33ClN2O2/c31-27-9-6-22(29(12-13-29)11-3-17-34)18-21(27)19-33-30(14-15-30)26-20-32-16-10-24(26)25-4-1-2-5-28(25)35-23-7-8-23/h1-2,4-6,9-10,16,18,20,23,33-34H,3,7-8,11-15,17,19H2. The highest BCUT2D eigenvalue weighted by molar-refractivity contribution is 6.31. The molecule has 3 aromatic rings. The summed E-state index contributed by atoms with van der Waals surface area (Å²) in [6.07, 6.45) is 13.0. The van der Waals surface area contributed by atoms with E-state index in [9.17, 15) is 5.11 Å². The minimum atomic E-state index is -0.0935. The van der Waals surface area contributed by atoms with Crippen LogP contribution in [0, 0.1) is 0 Å². The van der Waals surface area contributed by atoms with Crippen molar-refractivity contribution in [2.45, 2.75) is 75.0 Å². The fourth-order valence-electron chi connectivity index (χ4n) is 5.39. The van der Waals surface area contributed by atoms with Crippen molar-refractivity contribution in [2.75, 3.05) is 6.61 Å². The molecule has 0 bridgehead atoms. The van der Waals surface area contributed by atoms with Gasteiger partial charge in [0.25, 0.3) is 0 Å². The van der Waals surface area contributed by atoms with Gasteiger partial charge in [0, 0.05) is 41.7 Å². The van der Waals surface area contributed by atoms with Crippen LogP contribution >= 0.6 is 11.6 Å². The Balaban J connectivity index is 1.25. The second-order valence-electron chi connectivity index (χ2n) is 10.6. The van der Waals surface area contributed by atoms with Crippen LogP contribution in [0.3, 0.4) is 0 Å². The lowest BCUT2D eigenvalue weighted by Gasteiger charge is -2.23. The Hall–Kier alpha value is -2.40. The number of nitrogens with one attached hydrogen (secondary N) is 1. The van der Waals surface area contributed by atoms with E-state index < -0.39 is 0 Å². The second kappa shape index (κ2) is 9.24. The highest BCUT2D eigenvalue weighted by Gasteiger charge is 2.46. The van der Waals surface area contributed by atoms with Crippen molar-refractivity contribution in [3.8, 4) is 16.9 Å². The van der Waals surface area contributed by atoms with Crippen molar-refractivity contribution in [3.63, 3.8) is 0 Å². The summed E-state index contributed by atoms with van der Waals surface area (Å²) in [6.45, 7) is 0.978. The molecule has 4 nitrogen and oxygen atoms in total. The SMILES string of the molecule is OCCCC1(c2ccc(Cl)c(CNC3(c4cnccc4-c4ccccc4OC4CC4)CC3)c2)CC1. The lowest BCUT2D eigenvalue weighted by molar-refractivity contribution is 0.277. The Morgan fingerprint density at radius 1 is 1.03 bits per heavy atom. The van der Waals surface area contributed by atoms with Crippen LogP contribution in [0.25, 0.3) is 11.1 Å². The summed E-state index contributed by atoms with van der Waals surface area (Å²) in [5.41, 5.74) is 6.23. The van der Waals surface area contributed by atoms with Gasteiger partial charge in [-0.25, -0.2) is 0 Å². The normalized spacial score (nSPS) is 19.4. The van der Waals surface area contributed by atoms with Crippen LogP contribution < -0.4 is 10.1 Å². The summed E-state index contributed by atoms with van der Waals surface area (Å²) in [4.78, 5) is 4.51. The summed E-state index contributed by atoms with van der Waals surface area (Å²) in [5, 5.41) is 14.0. The number of benzene rings is 2. The Kier molecular flexibility index (Phi) is 6.08. The van der Waals surface area contributed by atoms with Gasteiger partial charge in [0.2, 0.25) is 0 Å². The van der Waals surface area contributed by atoms with E-state index in [4.69, 9.17) is 16.3 Å². The molecule has 5 heteroatoms. The number of ether oxygens (including phenoxy) is 1. The molecule has 0 atom stereocenters. The number of aromatic nitrogens is 1. The third kappa shape index (κ3) is 4.72. The third-order valence-corrected chi connectivity index (χ3v) is 8.39. The highest BCUT2D eigenvalue weighted by atomic mass is 35.5. The molecule has 0 unspecified atom stereocenters. The molecule has 0 amide bonds. The number of aliphatic hydroxyl groups excluding tert-OH is 1. The van der Waals surface area contributed by atoms with E-state index >= 15 is 0 Å². The first-order valence-electron chi connectivity index (χ1n) is 13.0. The lowest BCUT2D eigenvalue weighted by atomic mass is 9.89. The number of hydrogen-bond donors (Lipinski definition) is 2. The van der Waals surface area contributed by atoms with Crippen molar-refractivity contribution in [1.82, 2.24) is 10.3 Å². The average molecular weight is 489 g/mol. The van der Waals surface area contributed by atoms with Gasteiger partial charge in [-0.1, -0.05) is 41.9 Å². The molecule has 3 fully saturated rings. The summed E-state index contributed by atoms with van der Waals surface area (Å²) >= 11 is 6.66. The Morgan fingerprint density at radius 2 is 1.86 bits per heavy atom. The fourth-order valence-corrected chi connectivity index (χ4v) is 5.57. The molecule has 1 aromatic heterocycles. The topological polar surface area (TPSA) is 54.4 Å². The monoisotopic (exact) mass is 488 g/mol. The predicted octanol–water partition coefficient (Wildman–Crippen LogP) is 6.53. The van der Waals surface area contributed by atoms with E-state index in [0.29, 0.717) is 6.10 Å². The summed E-state index contributed by atoms with van der Waals surface area (Å²) in [7, 11) is 0. The molecule has 0 radical (unpaired) electrons. The van der Waals surface area contributed by atoms with Gasteiger partial charge in [-0.05, 0) is 97.2 Å². The summed E-state index contributed by atoms with van der Waals surface area (Å²) < 4.78 is 6.25. The van der Waals surface area contributed by atoms with Crippen LogP contribution in [0.2, 0.25) is 5.02 Å². The molecule has 35 heavy (non-hydrogen) atoms. The van der Waals surface area contributed by atoms with Gasteiger partial charge in [-0.3, -0.25) is 4.98 Å². The third-order valence-electron chi connectivity index (χ3n) is 8.02. The number of para-hydroxylation sites is 1. The van der Waals surface area contributed by atoms with Crippen molar-refractivity contribution in [1.29, 1.82) is 0 Å². The number of rotatable bonds is 11. The smallest absolute Gasteiger partial charge is 0.127 e. The van der Waals surface area contributed by atoms with Gasteiger partial charge in [-0.15, -0.1) is 0 Å². The van der Waals surface area contributed by atoms with E-state index in [-0.39, 0.29) is 17.6 Å². The van der Waals surface area contributed by atoms with E-state index in [1.54, 1.807) is 0 Å². The molecule has 2 N–H and O–H groups in total. The van der Waals surface area contributed by atoms with Crippen molar-refractivity contribution in [3.05, 3.63) is 82.6 Å². The Bertz CT molecular complexity index is 1210. The van der Waals surface area contributed by atoms with Gasteiger partial charge in [0.05, 0.1) is 6.10 Å². The number of halogens is 1. The number of nitrogens with zero attached hydrogens (tertiary/aromatic N) is 1. The Labute approximate surface area is 212 Å². The summed E-state index contributed by atoms with van der Waals surface area (Å²) in [5.74, 6) is 0.964. The molecule has 3 aliphatic rings. The lowest BCUT2D eigenvalue weighted by Crippen LogP contribution is -2.29. The molecule has 0 saturated heterocycles. The quantitative estimate of drug-likeness (QED) is 0.322. The average Bonchev–Trinajstić information content (AvgIpc) is 3.74. The first-order valence-corrected chi connectivity index (χ1v) is 13.4. The van der Waals surface area contributed by atoms with Gasteiger partial charge >= 0.3 is 0 Å². The highest BCUT2D eigenvalue weighted by Crippen LogP contribution is 2.53. The van der Waals surface area contributed by atoms with Crippen molar-refractivity contribution >= 4 is 11.6 Å². The largest absolute Gasteiger partial charge is 0.490 e. The second-order valence-corrected chi connectivity index (χ2v) is 11.0. The molecule has 182 valence electrons. The number of hydrogen-bond acceptors (Lipinski definition) is 4. The zero-order valence-electron chi connectivity index (χ0n) is 20.1. The molecule has 2 aromatic carbocycles. The Morgan fingerprint density at radius 3 is 2.60 bits per heavy atom. The molecule has 3 saturated carbocycles. The summed E-state index contributed by atoms with van der Waals surface area (Å²) in [6, 6.07) is 17.0. The van der Waals surface area contributed by atoms with E-state index in [2.05, 4.69) is 52.8 Å².